The van der Waals surface area contributed by atoms with Crippen LogP contribution in [0, 0.1) is 0 Å². The average Bonchev–Trinajstić information content (AvgIpc) is 3.16. The predicted octanol–water partition coefficient (Wildman–Crippen LogP) is -0.358. The third-order valence-electron chi connectivity index (χ3n) is 3.42. The molecule has 4 rings (SSSR count). The van der Waals surface area contributed by atoms with Crippen LogP contribution in [0.1, 0.15) is 0 Å². The first-order chi connectivity index (χ1) is 11.1. The first-order valence-electron chi connectivity index (χ1n) is 6.57. The number of aromatic amines is 4. The quantitative estimate of drug-likeness (QED) is 0.335. The van der Waals surface area contributed by atoms with Gasteiger partial charge in [0.15, 0.2) is 0 Å². The second-order valence-corrected chi connectivity index (χ2v) is 4.81. The number of benzene rings is 1. The van der Waals surface area contributed by atoms with E-state index >= 15 is 0 Å². The lowest BCUT2D eigenvalue weighted by Gasteiger charge is -2.02. The molecule has 0 spiro atoms. The second kappa shape index (κ2) is 5.48. The van der Waals surface area contributed by atoms with E-state index in [9.17, 15) is 14.4 Å². The van der Waals surface area contributed by atoms with Crippen LogP contribution >= 0.6 is 0 Å². The summed E-state index contributed by atoms with van der Waals surface area (Å²) < 4.78 is 1.18. The van der Waals surface area contributed by atoms with Crippen molar-refractivity contribution >= 4 is 11.0 Å². The first kappa shape index (κ1) is 15.2. The molecule has 0 radical (unpaired) electrons. The van der Waals surface area contributed by atoms with Crippen LogP contribution < -0.4 is 23.0 Å². The molecule has 0 bridgehead atoms. The molecule has 0 aliphatic carbocycles. The van der Waals surface area contributed by atoms with Crippen LogP contribution in [0.25, 0.3) is 28.0 Å². The molecule has 0 saturated carbocycles. The minimum atomic E-state index is -0.733. The minimum Gasteiger partial charge on any atom is -0.344 e. The molecule has 0 atom stereocenters. The van der Waals surface area contributed by atoms with Gasteiger partial charge < -0.3 is 6.15 Å². The highest BCUT2D eigenvalue weighted by Crippen LogP contribution is 2.17. The van der Waals surface area contributed by atoms with Crippen LogP contribution in [-0.2, 0) is 0 Å². The summed E-state index contributed by atoms with van der Waals surface area (Å²) in [4.78, 5) is 39.8. The zero-order valence-electron chi connectivity index (χ0n) is 12.2. The van der Waals surface area contributed by atoms with E-state index < -0.39 is 16.8 Å². The predicted molar refractivity (Wildman–Crippen MR) is 85.5 cm³/mol. The van der Waals surface area contributed by atoms with Gasteiger partial charge in [-0.1, -0.05) is 12.1 Å². The second-order valence-electron chi connectivity index (χ2n) is 4.81. The summed E-state index contributed by atoms with van der Waals surface area (Å²) in [6.45, 7) is 0. The highest BCUT2D eigenvalue weighted by Gasteiger charge is 2.13. The Bertz CT molecular complexity index is 1160. The van der Waals surface area contributed by atoms with E-state index in [4.69, 9.17) is 0 Å². The Morgan fingerprint density at radius 2 is 1.75 bits per heavy atom. The summed E-state index contributed by atoms with van der Waals surface area (Å²) in [7, 11) is 0. The molecule has 7 N–H and O–H groups in total. The van der Waals surface area contributed by atoms with Crippen LogP contribution in [0.4, 0.5) is 0 Å². The Balaban J connectivity index is 0.00000169. The Hall–Kier alpha value is -3.73. The molecule has 0 fully saturated rings. The van der Waals surface area contributed by atoms with Crippen molar-refractivity contribution < 1.29 is 0 Å². The molecule has 24 heavy (non-hydrogen) atoms. The van der Waals surface area contributed by atoms with Gasteiger partial charge >= 0.3 is 5.69 Å². The van der Waals surface area contributed by atoms with Gasteiger partial charge in [0.2, 0.25) is 0 Å². The lowest BCUT2D eigenvalue weighted by atomic mass is 10.1. The third kappa shape index (κ3) is 2.24. The maximum absolute atomic E-state index is 12.3. The highest BCUT2D eigenvalue weighted by atomic mass is 16.2. The lowest BCUT2D eigenvalue weighted by Crippen LogP contribution is -2.25. The molecular weight excluding hydrogens is 316 g/mol. The number of rotatable bonds is 2. The molecular formula is C13H12N8O3. The van der Waals surface area contributed by atoms with Crippen LogP contribution in [-0.4, -0.2) is 35.2 Å². The van der Waals surface area contributed by atoms with Gasteiger partial charge in [-0.15, -0.1) is 0 Å². The van der Waals surface area contributed by atoms with E-state index in [1.807, 2.05) is 4.98 Å². The van der Waals surface area contributed by atoms with Crippen molar-refractivity contribution in [2.45, 2.75) is 0 Å². The number of hydrogen-bond donors (Lipinski definition) is 5. The largest absolute Gasteiger partial charge is 0.344 e. The monoisotopic (exact) mass is 328 g/mol. The number of nitrogens with zero attached hydrogens (tertiary/aromatic N) is 3. The fourth-order valence-electron chi connectivity index (χ4n) is 2.35. The summed E-state index contributed by atoms with van der Waals surface area (Å²) in [6.07, 6.45) is 1.58. The zero-order valence-corrected chi connectivity index (χ0v) is 12.2. The molecule has 0 aliphatic rings. The third-order valence-corrected chi connectivity index (χ3v) is 3.42. The maximum Gasteiger partial charge on any atom is 0.327 e. The SMILES string of the molecule is N.O=c1[nH]c(=O)c2c(=O)n(-c3ccc(-c4cn[nH]n4)cc3)[nH]c2[nH]1. The Morgan fingerprint density at radius 3 is 2.42 bits per heavy atom. The molecule has 11 heteroatoms. The maximum atomic E-state index is 12.3. The van der Waals surface area contributed by atoms with Crippen molar-refractivity contribution in [2.75, 3.05) is 0 Å². The highest BCUT2D eigenvalue weighted by molar-refractivity contribution is 5.72. The van der Waals surface area contributed by atoms with Gasteiger partial charge in [-0.05, 0) is 12.1 Å². The zero-order chi connectivity index (χ0) is 16.0. The van der Waals surface area contributed by atoms with Crippen LogP contribution in [0.5, 0.6) is 0 Å². The summed E-state index contributed by atoms with van der Waals surface area (Å²) in [6, 6.07) is 6.90. The number of aromatic nitrogens is 7. The Morgan fingerprint density at radius 1 is 1.00 bits per heavy atom. The number of nitrogens with one attached hydrogen (secondary N) is 4. The standard InChI is InChI=1S/C13H9N7O3.H3N/c21-11-9-10(15-13(23)16-11)18-20(12(9)22)7-3-1-6(2-4-7)8-5-14-19-17-8;/h1-5H,(H,14,17,19)(H3,15,16,18,21,23);1H3. The summed E-state index contributed by atoms with van der Waals surface area (Å²) in [5.74, 6) is 0. The Kier molecular flexibility index (Phi) is 3.46. The molecule has 4 aromatic rings. The van der Waals surface area contributed by atoms with E-state index in [0.717, 1.165) is 5.56 Å². The smallest absolute Gasteiger partial charge is 0.327 e. The summed E-state index contributed by atoms with van der Waals surface area (Å²) in [5, 5.41) is 12.8. The minimum absolute atomic E-state index is 0. The van der Waals surface area contributed by atoms with Crippen molar-refractivity contribution in [3.63, 3.8) is 0 Å². The molecule has 0 amide bonds. The molecule has 1 aromatic carbocycles. The lowest BCUT2D eigenvalue weighted by molar-refractivity contribution is 0.857. The molecule has 0 aliphatic heterocycles. The molecule has 3 aromatic heterocycles. The van der Waals surface area contributed by atoms with Gasteiger partial charge in [0.1, 0.15) is 16.7 Å². The van der Waals surface area contributed by atoms with Gasteiger partial charge in [-0.3, -0.25) is 24.7 Å². The number of hydrogen-bond acceptors (Lipinski definition) is 6. The molecule has 3 heterocycles. The Labute approximate surface area is 131 Å². The van der Waals surface area contributed by atoms with E-state index in [0.29, 0.717) is 11.4 Å². The van der Waals surface area contributed by atoms with Gasteiger partial charge in [-0.25, -0.2) is 9.48 Å². The van der Waals surface area contributed by atoms with Gasteiger partial charge in [0.05, 0.1) is 11.9 Å². The first-order valence-corrected chi connectivity index (χ1v) is 6.57. The van der Waals surface area contributed by atoms with Crippen molar-refractivity contribution in [1.29, 1.82) is 0 Å². The average molecular weight is 328 g/mol. The number of fused-ring (bicyclic) bond motifs is 1. The number of H-pyrrole nitrogens is 4. The van der Waals surface area contributed by atoms with Gasteiger partial charge in [0, 0.05) is 5.56 Å². The topological polar surface area (TPSA) is 180 Å². The van der Waals surface area contributed by atoms with Crippen molar-refractivity contribution in [1.82, 2.24) is 41.3 Å². The van der Waals surface area contributed by atoms with Crippen molar-refractivity contribution in [3.8, 4) is 16.9 Å². The molecule has 122 valence electrons. The van der Waals surface area contributed by atoms with Crippen molar-refractivity contribution in [2.24, 2.45) is 0 Å². The molecule has 0 saturated heterocycles. The van der Waals surface area contributed by atoms with Gasteiger partial charge in [0.25, 0.3) is 11.1 Å². The molecule has 11 nitrogen and oxygen atoms in total. The molecule has 0 unspecified atom stereocenters. The normalized spacial score (nSPS) is 10.7. The summed E-state index contributed by atoms with van der Waals surface area (Å²) >= 11 is 0. The fraction of sp³-hybridized carbons (Fsp3) is 0. The van der Waals surface area contributed by atoms with Crippen LogP contribution in [0.2, 0.25) is 0 Å². The van der Waals surface area contributed by atoms with E-state index in [2.05, 4.69) is 25.5 Å². The van der Waals surface area contributed by atoms with Crippen LogP contribution in [0.3, 0.4) is 0 Å². The fourth-order valence-corrected chi connectivity index (χ4v) is 2.35. The van der Waals surface area contributed by atoms with E-state index in [1.165, 1.54) is 4.68 Å². The van der Waals surface area contributed by atoms with Crippen LogP contribution in [0.15, 0.2) is 44.8 Å². The summed E-state index contributed by atoms with van der Waals surface area (Å²) in [5.41, 5.74) is 0.106. The van der Waals surface area contributed by atoms with Crippen molar-refractivity contribution in [3.05, 3.63) is 61.7 Å². The van der Waals surface area contributed by atoms with Gasteiger partial charge in [-0.2, -0.15) is 15.4 Å². The van der Waals surface area contributed by atoms with E-state index in [-0.39, 0.29) is 17.2 Å². The van der Waals surface area contributed by atoms with E-state index in [1.54, 1.807) is 30.5 Å².